The van der Waals surface area contributed by atoms with E-state index in [0.29, 0.717) is 6.42 Å². The maximum Gasteiger partial charge on any atom is 0.339 e. The van der Waals surface area contributed by atoms with Crippen molar-refractivity contribution in [1.82, 2.24) is 0 Å². The molecule has 0 aliphatic rings. The van der Waals surface area contributed by atoms with Gasteiger partial charge in [-0.15, -0.1) is 6.58 Å². The first-order valence-corrected chi connectivity index (χ1v) is 8.67. The van der Waals surface area contributed by atoms with Crippen LogP contribution in [0.1, 0.15) is 11.1 Å². The zero-order valence-corrected chi connectivity index (χ0v) is 14.6. The number of benzene rings is 2. The van der Waals surface area contributed by atoms with Crippen LogP contribution in [0.4, 0.5) is 5.69 Å². The summed E-state index contributed by atoms with van der Waals surface area (Å²) >= 11 is 0. The van der Waals surface area contributed by atoms with Gasteiger partial charge in [0.1, 0.15) is 4.90 Å². The van der Waals surface area contributed by atoms with Crippen molar-refractivity contribution in [2.45, 2.75) is 18.2 Å². The molecule has 2 rings (SSSR count). The first-order chi connectivity index (χ1) is 11.8. The Morgan fingerprint density at radius 3 is 2.56 bits per heavy atom. The van der Waals surface area contributed by atoms with E-state index < -0.39 is 15.0 Å². The highest BCUT2D eigenvalue weighted by atomic mass is 32.2. The molecule has 0 unspecified atom stereocenters. The lowest BCUT2D eigenvalue weighted by molar-refractivity contribution is -0.385. The van der Waals surface area contributed by atoms with Crippen molar-refractivity contribution in [2.75, 3.05) is 7.11 Å². The van der Waals surface area contributed by atoms with Gasteiger partial charge in [-0.25, -0.2) is 0 Å². The van der Waals surface area contributed by atoms with Crippen LogP contribution in [0.15, 0.2) is 53.9 Å². The van der Waals surface area contributed by atoms with Gasteiger partial charge in [0.05, 0.1) is 12.0 Å². The molecule has 7 nitrogen and oxygen atoms in total. The number of allylic oxidation sites excluding steroid dienone is 1. The van der Waals surface area contributed by atoms with E-state index >= 15 is 0 Å². The van der Waals surface area contributed by atoms with Crippen molar-refractivity contribution in [2.24, 2.45) is 0 Å². The maximum atomic E-state index is 12.6. The van der Waals surface area contributed by atoms with Crippen LogP contribution in [0.3, 0.4) is 0 Å². The van der Waals surface area contributed by atoms with Crippen molar-refractivity contribution >= 4 is 15.8 Å². The van der Waals surface area contributed by atoms with Crippen LogP contribution in [0.5, 0.6) is 11.5 Å². The second-order valence-electron chi connectivity index (χ2n) is 5.17. The molecule has 0 N–H and O–H groups in total. The van der Waals surface area contributed by atoms with E-state index in [1.165, 1.54) is 38.3 Å². The molecule has 2 aromatic rings. The number of methoxy groups -OCH3 is 1. The van der Waals surface area contributed by atoms with Crippen LogP contribution in [-0.4, -0.2) is 20.5 Å². The van der Waals surface area contributed by atoms with Crippen molar-refractivity contribution < 1.29 is 22.3 Å². The molecular formula is C17H17NO6S. The average molecular weight is 363 g/mol. The number of nitrogens with zero attached hydrogens (tertiary/aromatic N) is 1. The Labute approximate surface area is 145 Å². The molecule has 8 heteroatoms. The number of hydrogen-bond donors (Lipinski definition) is 0. The number of nitro groups is 1. The number of hydrogen-bond acceptors (Lipinski definition) is 6. The third-order valence-corrected chi connectivity index (χ3v) is 4.91. The molecule has 0 bridgehead atoms. The molecule has 2 aromatic carbocycles. The molecule has 132 valence electrons. The number of ether oxygens (including phenoxy) is 1. The fraction of sp³-hybridized carbons (Fsp3) is 0.176. The second kappa shape index (κ2) is 7.35. The van der Waals surface area contributed by atoms with Crippen LogP contribution in [-0.2, 0) is 16.5 Å². The Hall–Kier alpha value is -2.87. The largest absolute Gasteiger partial charge is 0.493 e. The zero-order valence-electron chi connectivity index (χ0n) is 13.8. The van der Waals surface area contributed by atoms with Gasteiger partial charge in [-0.05, 0) is 37.1 Å². The molecule has 0 atom stereocenters. The number of rotatable bonds is 7. The van der Waals surface area contributed by atoms with Crippen LogP contribution < -0.4 is 8.92 Å². The summed E-state index contributed by atoms with van der Waals surface area (Å²) in [6.07, 6.45) is 2.30. The predicted octanol–water partition coefficient (Wildman–Crippen LogP) is 3.41. The standard InChI is InChI=1S/C17H17NO6S/c1-4-6-13-9-10-15(16(11-13)23-3)24-25(21,22)17-8-5-7-14(12(17)2)18(19)20/h4-5,7-11H,1,6H2,2-3H3. The molecule has 0 radical (unpaired) electrons. The van der Waals surface area contributed by atoms with Crippen molar-refractivity contribution in [3.8, 4) is 11.5 Å². The van der Waals surface area contributed by atoms with E-state index in [4.69, 9.17) is 8.92 Å². The second-order valence-corrected chi connectivity index (χ2v) is 6.69. The minimum Gasteiger partial charge on any atom is -0.493 e. The van der Waals surface area contributed by atoms with E-state index in [-0.39, 0.29) is 27.6 Å². The summed E-state index contributed by atoms with van der Waals surface area (Å²) in [7, 11) is -2.87. The minimum absolute atomic E-state index is 0.00113. The summed E-state index contributed by atoms with van der Waals surface area (Å²) in [4.78, 5) is 10.1. The van der Waals surface area contributed by atoms with Gasteiger partial charge < -0.3 is 8.92 Å². The Balaban J connectivity index is 2.45. The van der Waals surface area contributed by atoms with E-state index in [0.717, 1.165) is 5.56 Å². The molecule has 0 aliphatic carbocycles. The monoisotopic (exact) mass is 363 g/mol. The van der Waals surface area contributed by atoms with Crippen LogP contribution in [0.2, 0.25) is 0 Å². The van der Waals surface area contributed by atoms with Gasteiger partial charge in [-0.1, -0.05) is 18.2 Å². The van der Waals surface area contributed by atoms with Crippen molar-refractivity contribution in [3.05, 3.63) is 70.3 Å². The van der Waals surface area contributed by atoms with Gasteiger partial charge in [-0.2, -0.15) is 8.42 Å². The molecule has 0 fully saturated rings. The number of nitro benzene ring substituents is 1. The summed E-state index contributed by atoms with van der Waals surface area (Å²) in [6.45, 7) is 5.00. The highest BCUT2D eigenvalue weighted by Crippen LogP contribution is 2.33. The van der Waals surface area contributed by atoms with Crippen molar-refractivity contribution in [1.29, 1.82) is 0 Å². The molecule has 25 heavy (non-hydrogen) atoms. The van der Waals surface area contributed by atoms with Gasteiger partial charge in [-0.3, -0.25) is 10.1 Å². The van der Waals surface area contributed by atoms with Gasteiger partial charge in [0.2, 0.25) is 0 Å². The highest BCUT2D eigenvalue weighted by molar-refractivity contribution is 7.87. The van der Waals surface area contributed by atoms with E-state index in [1.54, 1.807) is 18.2 Å². The summed E-state index contributed by atoms with van der Waals surface area (Å²) in [5.41, 5.74) is 0.593. The highest BCUT2D eigenvalue weighted by Gasteiger charge is 2.25. The summed E-state index contributed by atoms with van der Waals surface area (Å²) in [5.74, 6) is 0.243. The lowest BCUT2D eigenvalue weighted by atomic mass is 10.1. The van der Waals surface area contributed by atoms with Crippen LogP contribution in [0, 0.1) is 17.0 Å². The third-order valence-electron chi connectivity index (χ3n) is 3.53. The summed E-state index contributed by atoms with van der Waals surface area (Å²) in [6, 6.07) is 8.60. The maximum absolute atomic E-state index is 12.6. The fourth-order valence-corrected chi connectivity index (χ4v) is 3.50. The Bertz CT molecular complexity index is 921. The van der Waals surface area contributed by atoms with Gasteiger partial charge in [0, 0.05) is 11.6 Å². The lowest BCUT2D eigenvalue weighted by Gasteiger charge is -2.13. The SMILES string of the molecule is C=CCc1ccc(OS(=O)(=O)c2cccc([N+](=O)[O-])c2C)c(OC)c1. The summed E-state index contributed by atoms with van der Waals surface area (Å²) in [5, 5.41) is 11.0. The molecule has 0 aromatic heterocycles. The Morgan fingerprint density at radius 2 is 1.96 bits per heavy atom. The smallest absolute Gasteiger partial charge is 0.339 e. The van der Waals surface area contributed by atoms with E-state index in [1.807, 2.05) is 0 Å². The van der Waals surface area contributed by atoms with Gasteiger partial charge in [0.15, 0.2) is 11.5 Å². The Morgan fingerprint density at radius 1 is 1.24 bits per heavy atom. The zero-order chi connectivity index (χ0) is 18.6. The van der Waals surface area contributed by atoms with E-state index in [9.17, 15) is 18.5 Å². The molecule has 0 saturated carbocycles. The molecule has 0 spiro atoms. The lowest BCUT2D eigenvalue weighted by Crippen LogP contribution is -2.12. The minimum atomic E-state index is -4.26. The molecule has 0 saturated heterocycles. The topological polar surface area (TPSA) is 95.7 Å². The third kappa shape index (κ3) is 3.97. The summed E-state index contributed by atoms with van der Waals surface area (Å²) < 4.78 is 35.5. The molecule has 0 heterocycles. The fourth-order valence-electron chi connectivity index (χ4n) is 2.31. The van der Waals surface area contributed by atoms with Gasteiger partial charge in [0.25, 0.3) is 5.69 Å². The first-order valence-electron chi connectivity index (χ1n) is 7.26. The first kappa shape index (κ1) is 18.5. The van der Waals surface area contributed by atoms with Crippen molar-refractivity contribution in [3.63, 3.8) is 0 Å². The van der Waals surface area contributed by atoms with Crippen LogP contribution in [0.25, 0.3) is 0 Å². The molecular weight excluding hydrogens is 346 g/mol. The van der Waals surface area contributed by atoms with Crippen LogP contribution >= 0.6 is 0 Å². The van der Waals surface area contributed by atoms with E-state index in [2.05, 4.69) is 6.58 Å². The predicted molar refractivity (Wildman–Crippen MR) is 92.5 cm³/mol. The normalized spacial score (nSPS) is 11.0. The molecule has 0 amide bonds. The quantitative estimate of drug-likeness (QED) is 0.324. The average Bonchev–Trinajstić information content (AvgIpc) is 2.56. The van der Waals surface area contributed by atoms with Gasteiger partial charge >= 0.3 is 10.1 Å². The Kier molecular flexibility index (Phi) is 5.43. The molecule has 0 aliphatic heterocycles.